The Morgan fingerprint density at radius 3 is 2.83 bits per heavy atom. The number of hydrogen-bond donors (Lipinski definition) is 0. The molecule has 1 saturated heterocycles. The van der Waals surface area contributed by atoms with Gasteiger partial charge in [-0.2, -0.15) is 0 Å². The molecule has 1 aliphatic heterocycles. The maximum Gasteiger partial charge on any atom is 0.305 e. The zero-order chi connectivity index (χ0) is 17.2. The number of rotatable bonds is 10. The van der Waals surface area contributed by atoms with Gasteiger partial charge < -0.3 is 14.2 Å². The summed E-state index contributed by atoms with van der Waals surface area (Å²) >= 11 is 0. The van der Waals surface area contributed by atoms with Crippen molar-refractivity contribution in [2.45, 2.75) is 83.5 Å². The van der Waals surface area contributed by atoms with Gasteiger partial charge in [0.05, 0.1) is 12.7 Å². The molecule has 136 valence electrons. The molecular formula is C19H30O5. The van der Waals surface area contributed by atoms with Crippen LogP contribution < -0.4 is 0 Å². The van der Waals surface area contributed by atoms with Gasteiger partial charge in [0, 0.05) is 19.4 Å². The van der Waals surface area contributed by atoms with Crippen molar-refractivity contribution in [1.29, 1.82) is 0 Å². The van der Waals surface area contributed by atoms with Gasteiger partial charge in [-0.05, 0) is 57.1 Å². The summed E-state index contributed by atoms with van der Waals surface area (Å²) < 4.78 is 16.3. The predicted molar refractivity (Wildman–Crippen MR) is 90.5 cm³/mol. The fourth-order valence-electron chi connectivity index (χ4n) is 3.19. The molecule has 1 unspecified atom stereocenters. The van der Waals surface area contributed by atoms with Crippen LogP contribution in [0.15, 0.2) is 11.6 Å². The highest BCUT2D eigenvalue weighted by molar-refractivity contribution is 5.98. The zero-order valence-corrected chi connectivity index (χ0v) is 14.8. The Bertz CT molecular complexity index is 437. The van der Waals surface area contributed by atoms with Crippen molar-refractivity contribution in [3.63, 3.8) is 0 Å². The van der Waals surface area contributed by atoms with E-state index in [1.54, 1.807) is 0 Å². The summed E-state index contributed by atoms with van der Waals surface area (Å²) in [5.41, 5.74) is 0.904. The molecule has 0 bridgehead atoms. The van der Waals surface area contributed by atoms with Gasteiger partial charge >= 0.3 is 5.97 Å². The van der Waals surface area contributed by atoms with Gasteiger partial charge in [-0.15, -0.1) is 0 Å². The molecule has 0 N–H and O–H groups in total. The van der Waals surface area contributed by atoms with Gasteiger partial charge in [0.15, 0.2) is 12.1 Å². The SMILES string of the molecule is CCOC(=O)CCCCCCC1=C[C@@H](OC2CCCCO2)CC1=O. The van der Waals surface area contributed by atoms with Crippen LogP contribution in [-0.2, 0) is 23.8 Å². The van der Waals surface area contributed by atoms with Crippen LogP contribution in [-0.4, -0.2) is 37.4 Å². The Morgan fingerprint density at radius 2 is 2.08 bits per heavy atom. The summed E-state index contributed by atoms with van der Waals surface area (Å²) in [6.07, 6.45) is 10.5. The van der Waals surface area contributed by atoms with E-state index in [9.17, 15) is 9.59 Å². The Kier molecular flexibility index (Phi) is 8.47. The number of ether oxygens (including phenoxy) is 3. The molecule has 2 aliphatic rings. The molecular weight excluding hydrogens is 308 g/mol. The molecule has 1 heterocycles. The lowest BCUT2D eigenvalue weighted by Crippen LogP contribution is -2.26. The minimum Gasteiger partial charge on any atom is -0.466 e. The van der Waals surface area contributed by atoms with Crippen molar-refractivity contribution in [2.75, 3.05) is 13.2 Å². The average molecular weight is 338 g/mol. The van der Waals surface area contributed by atoms with Crippen molar-refractivity contribution >= 4 is 11.8 Å². The molecule has 1 fully saturated rings. The first-order chi connectivity index (χ1) is 11.7. The van der Waals surface area contributed by atoms with E-state index >= 15 is 0 Å². The number of Topliss-reactive ketones (excluding diaryl/α,β-unsaturated/α-hetero) is 1. The minimum atomic E-state index is -0.143. The molecule has 5 nitrogen and oxygen atoms in total. The van der Waals surface area contributed by atoms with Crippen molar-refractivity contribution < 1.29 is 23.8 Å². The van der Waals surface area contributed by atoms with Crippen molar-refractivity contribution in [3.8, 4) is 0 Å². The number of unbranched alkanes of at least 4 members (excludes halogenated alkanes) is 3. The van der Waals surface area contributed by atoms with Crippen LogP contribution >= 0.6 is 0 Å². The molecule has 5 heteroatoms. The summed E-state index contributed by atoms with van der Waals surface area (Å²) in [6, 6.07) is 0. The third-order valence-corrected chi connectivity index (χ3v) is 4.48. The molecule has 0 spiro atoms. The Balaban J connectivity index is 1.58. The molecule has 0 aromatic heterocycles. The van der Waals surface area contributed by atoms with E-state index < -0.39 is 0 Å². The summed E-state index contributed by atoms with van der Waals surface area (Å²) in [7, 11) is 0. The second-order valence-corrected chi connectivity index (χ2v) is 6.51. The highest BCUT2D eigenvalue weighted by Gasteiger charge is 2.27. The van der Waals surface area contributed by atoms with Gasteiger partial charge in [-0.1, -0.05) is 12.8 Å². The molecule has 0 aromatic rings. The molecule has 0 saturated carbocycles. The van der Waals surface area contributed by atoms with E-state index in [0.29, 0.717) is 19.4 Å². The van der Waals surface area contributed by atoms with Gasteiger partial charge in [-0.25, -0.2) is 0 Å². The monoisotopic (exact) mass is 338 g/mol. The smallest absolute Gasteiger partial charge is 0.305 e. The number of allylic oxidation sites excluding steroid dienone is 1. The van der Waals surface area contributed by atoms with Crippen LogP contribution in [0, 0.1) is 0 Å². The third-order valence-electron chi connectivity index (χ3n) is 4.48. The molecule has 0 radical (unpaired) electrons. The van der Waals surface area contributed by atoms with Crippen LogP contribution in [0.5, 0.6) is 0 Å². The molecule has 1 aliphatic carbocycles. The van der Waals surface area contributed by atoms with Gasteiger partial charge in [0.1, 0.15) is 0 Å². The third kappa shape index (κ3) is 6.73. The highest BCUT2D eigenvalue weighted by Crippen LogP contribution is 2.25. The molecule has 24 heavy (non-hydrogen) atoms. The fraction of sp³-hybridized carbons (Fsp3) is 0.789. The molecule has 0 amide bonds. The average Bonchev–Trinajstić information content (AvgIpc) is 2.91. The molecule has 0 aromatic carbocycles. The lowest BCUT2D eigenvalue weighted by molar-refractivity contribution is -0.178. The standard InChI is InChI=1S/C19H30O5/c1-2-22-18(21)10-6-4-3-5-9-15-13-16(14-17(15)20)24-19-11-7-8-12-23-19/h13,16,19H,2-12,14H2,1H3/t16-,19?/m1/s1. The molecule has 2 rings (SSSR count). The highest BCUT2D eigenvalue weighted by atomic mass is 16.7. The van der Waals surface area contributed by atoms with Crippen molar-refractivity contribution in [2.24, 2.45) is 0 Å². The summed E-state index contributed by atoms with van der Waals surface area (Å²) in [4.78, 5) is 23.3. The van der Waals surface area contributed by atoms with Crippen LogP contribution in [0.2, 0.25) is 0 Å². The number of carbonyl (C=O) groups excluding carboxylic acids is 2. The van der Waals surface area contributed by atoms with E-state index in [1.807, 2.05) is 13.0 Å². The Labute approximate surface area is 144 Å². The first-order valence-corrected chi connectivity index (χ1v) is 9.35. The van der Waals surface area contributed by atoms with Crippen LogP contribution in [0.4, 0.5) is 0 Å². The number of carbonyl (C=O) groups is 2. The quantitative estimate of drug-likeness (QED) is 0.449. The van der Waals surface area contributed by atoms with Crippen LogP contribution in [0.3, 0.4) is 0 Å². The lowest BCUT2D eigenvalue weighted by Gasteiger charge is -2.24. The largest absolute Gasteiger partial charge is 0.466 e. The Hall–Kier alpha value is -1.20. The van der Waals surface area contributed by atoms with E-state index in [1.165, 1.54) is 0 Å². The zero-order valence-electron chi connectivity index (χ0n) is 14.8. The van der Waals surface area contributed by atoms with Gasteiger partial charge in [-0.3, -0.25) is 9.59 Å². The number of hydrogen-bond acceptors (Lipinski definition) is 5. The lowest BCUT2D eigenvalue weighted by atomic mass is 10.0. The first kappa shape index (κ1) is 19.1. The predicted octanol–water partition coefficient (Wildman–Crippen LogP) is 3.70. The minimum absolute atomic E-state index is 0.112. The maximum atomic E-state index is 12.1. The molecule has 2 atom stereocenters. The normalized spacial score (nSPS) is 24.0. The summed E-state index contributed by atoms with van der Waals surface area (Å²) in [5.74, 6) is 0.0958. The van der Waals surface area contributed by atoms with Crippen LogP contribution in [0.25, 0.3) is 0 Å². The number of esters is 1. The second kappa shape index (κ2) is 10.6. The van der Waals surface area contributed by atoms with Gasteiger partial charge in [0.2, 0.25) is 0 Å². The Morgan fingerprint density at radius 1 is 1.25 bits per heavy atom. The summed E-state index contributed by atoms with van der Waals surface area (Å²) in [5, 5.41) is 0. The van der Waals surface area contributed by atoms with Crippen molar-refractivity contribution in [1.82, 2.24) is 0 Å². The summed E-state index contributed by atoms with van der Waals surface area (Å²) in [6.45, 7) is 3.03. The van der Waals surface area contributed by atoms with E-state index in [0.717, 1.165) is 63.5 Å². The topological polar surface area (TPSA) is 61.8 Å². The van der Waals surface area contributed by atoms with E-state index in [2.05, 4.69) is 0 Å². The first-order valence-electron chi connectivity index (χ1n) is 9.35. The van der Waals surface area contributed by atoms with Crippen molar-refractivity contribution in [3.05, 3.63) is 11.6 Å². The second-order valence-electron chi connectivity index (χ2n) is 6.51. The van der Waals surface area contributed by atoms with Crippen LogP contribution in [0.1, 0.15) is 71.1 Å². The maximum absolute atomic E-state index is 12.1. The number of ketones is 1. The van der Waals surface area contributed by atoms with E-state index in [-0.39, 0.29) is 24.1 Å². The fourth-order valence-corrected chi connectivity index (χ4v) is 3.19. The van der Waals surface area contributed by atoms with E-state index in [4.69, 9.17) is 14.2 Å². The van der Waals surface area contributed by atoms with Gasteiger partial charge in [0.25, 0.3) is 0 Å².